The summed E-state index contributed by atoms with van der Waals surface area (Å²) in [5.41, 5.74) is -0.452. The lowest BCUT2D eigenvalue weighted by Crippen LogP contribution is -2.55. The summed E-state index contributed by atoms with van der Waals surface area (Å²) in [7, 11) is 0. The van der Waals surface area contributed by atoms with Crippen molar-refractivity contribution in [3.8, 4) is 11.5 Å². The number of aromatic hydroxyl groups is 2. The standard InChI is InChI=1S/C74H118O16/c1-17-55(67-47(11)41-73(21-5,89-67)57-35-37-71(83,19-3)51(15)87-57)65(79)49(13)61(75)43(7)27-31-53-33-29-45(9)63(77)59(53)69(81)85-39-25-23-24-26-40-86-70(82)60-54(34-30-46(10)64(60)78)32-28-44(8)62(76)50(14)66(80)56(18-2)68-48(12)42-74(22-6,90-68)58-36-38-72(84,20-4)52(16)88-58/h29-30,33-34,43-44,47-52,55-58,61-62,67-68,75-78,83-84H,17-28,31-32,35-42H2,1-16H3/t43-,44-,47+,48+,49+,50+,51+,52+,55+,56+,57-,58-,61+,62+,67+,68+,71-,72-,73+,74+/m0/s1. The molecule has 0 bridgehead atoms. The van der Waals surface area contributed by atoms with Gasteiger partial charge in [0.1, 0.15) is 34.2 Å². The number of hydrogen-bond donors (Lipinski definition) is 6. The van der Waals surface area contributed by atoms with Crippen LogP contribution in [-0.2, 0) is 50.9 Å². The number of carbonyl (C=O) groups is 4. The molecule has 0 radical (unpaired) electrons. The highest BCUT2D eigenvalue weighted by atomic mass is 16.6. The second-order valence-corrected chi connectivity index (χ2v) is 28.5. The van der Waals surface area contributed by atoms with Crippen LogP contribution in [0.1, 0.15) is 255 Å². The summed E-state index contributed by atoms with van der Waals surface area (Å²) in [6.45, 7) is 31.3. The average molecular weight is 1260 g/mol. The number of rotatable bonds is 33. The van der Waals surface area contributed by atoms with Gasteiger partial charge in [0.25, 0.3) is 0 Å². The first-order valence-corrected chi connectivity index (χ1v) is 35.0. The molecule has 4 aliphatic rings. The van der Waals surface area contributed by atoms with E-state index in [1.54, 1.807) is 52.0 Å². The van der Waals surface area contributed by atoms with E-state index in [1.165, 1.54) is 0 Å². The zero-order valence-electron chi connectivity index (χ0n) is 57.9. The van der Waals surface area contributed by atoms with E-state index in [9.17, 15) is 49.8 Å². The Bertz CT molecular complexity index is 2510. The SMILES string of the molecule is CC[C@H](C(=O)[C@H](C)[C@H](O)[C@@H](C)CCc1ccc(C)c(O)c1C(=O)OCCCCCCOC(=O)c1c(CC[C@H](C)[C@@H](O)[C@@H](C)C(=O)[C@@H](CC)[C@@H]2O[C@@](CC)([C@@H]3CC[C@@](O)(CC)[C@@H](C)O3)C[C@H]2C)ccc(C)c1O)[C@@H]1O[C@@](CC)([C@@H]2CC[C@@](O)(CC)[C@@H](C)O2)C[C@H]1C. The molecule has 4 saturated heterocycles. The summed E-state index contributed by atoms with van der Waals surface area (Å²) < 4.78 is 38.3. The molecular weight excluding hydrogens is 1140 g/mol. The molecule has 0 saturated carbocycles. The Morgan fingerprint density at radius 1 is 0.556 bits per heavy atom. The van der Waals surface area contributed by atoms with Crippen LogP contribution in [0, 0.1) is 61.2 Å². The Morgan fingerprint density at radius 3 is 1.22 bits per heavy atom. The highest BCUT2D eigenvalue weighted by molar-refractivity contribution is 5.95. The molecule has 4 aliphatic heterocycles. The Balaban J connectivity index is 0.940. The average Bonchev–Trinajstić information content (AvgIpc) is 1.59. The van der Waals surface area contributed by atoms with E-state index in [4.69, 9.17) is 28.4 Å². The van der Waals surface area contributed by atoms with Crippen molar-refractivity contribution in [2.24, 2.45) is 47.3 Å². The topological polar surface area (TPSA) is 245 Å². The fourth-order valence-corrected chi connectivity index (χ4v) is 15.9. The number of unbranched alkanes of at least 4 members (excludes halogenated alkanes) is 3. The zero-order valence-corrected chi connectivity index (χ0v) is 57.9. The van der Waals surface area contributed by atoms with Crippen LogP contribution in [0.5, 0.6) is 11.5 Å². The second kappa shape index (κ2) is 32.4. The van der Waals surface area contributed by atoms with Gasteiger partial charge in [0.05, 0.1) is 84.4 Å². The van der Waals surface area contributed by atoms with Crippen LogP contribution in [-0.4, -0.2) is 139 Å². The minimum Gasteiger partial charge on any atom is -0.507 e. The van der Waals surface area contributed by atoms with Gasteiger partial charge in [0.15, 0.2) is 0 Å². The lowest BCUT2D eigenvalue weighted by atomic mass is 9.76. The summed E-state index contributed by atoms with van der Waals surface area (Å²) in [5, 5.41) is 68.0. The lowest BCUT2D eigenvalue weighted by molar-refractivity contribution is -0.229. The number of aryl methyl sites for hydroxylation is 4. The number of ether oxygens (including phenoxy) is 6. The van der Waals surface area contributed by atoms with Crippen molar-refractivity contribution in [2.75, 3.05) is 13.2 Å². The Kier molecular flexibility index (Phi) is 27.0. The largest absolute Gasteiger partial charge is 0.507 e. The molecule has 16 nitrogen and oxygen atoms in total. The van der Waals surface area contributed by atoms with Gasteiger partial charge in [0, 0.05) is 23.7 Å². The number of aliphatic hydroxyl groups excluding tert-OH is 2. The summed E-state index contributed by atoms with van der Waals surface area (Å²) in [5.74, 6) is -4.33. The number of Topliss-reactive ketones (excluding diaryl/α,β-unsaturated/α-hetero) is 2. The molecule has 0 unspecified atom stereocenters. The third-order valence-corrected chi connectivity index (χ3v) is 22.8. The van der Waals surface area contributed by atoms with Gasteiger partial charge in [-0.1, -0.05) is 107 Å². The highest BCUT2D eigenvalue weighted by Crippen LogP contribution is 2.51. The maximum atomic E-state index is 14.4. The van der Waals surface area contributed by atoms with Gasteiger partial charge in [-0.15, -0.1) is 0 Å². The van der Waals surface area contributed by atoms with Crippen molar-refractivity contribution in [2.45, 2.75) is 310 Å². The van der Waals surface area contributed by atoms with Crippen molar-refractivity contribution in [1.29, 1.82) is 0 Å². The first-order chi connectivity index (χ1) is 42.5. The Morgan fingerprint density at radius 2 is 0.911 bits per heavy atom. The number of carbonyl (C=O) groups excluding carboxylic acids is 4. The molecular formula is C74H118O16. The Labute approximate surface area is 539 Å². The summed E-state index contributed by atoms with van der Waals surface area (Å²) in [6, 6.07) is 7.11. The molecule has 0 spiro atoms. The molecule has 510 valence electrons. The summed E-state index contributed by atoms with van der Waals surface area (Å²) in [4.78, 5) is 56.0. The number of esters is 2. The van der Waals surface area contributed by atoms with E-state index in [-0.39, 0.29) is 108 Å². The molecule has 2 aromatic rings. The zero-order chi connectivity index (χ0) is 66.8. The van der Waals surface area contributed by atoms with Crippen molar-refractivity contribution < 1.29 is 78.2 Å². The first-order valence-electron chi connectivity index (χ1n) is 35.0. The van der Waals surface area contributed by atoms with Gasteiger partial charge in [-0.3, -0.25) is 9.59 Å². The van der Waals surface area contributed by atoms with Crippen LogP contribution < -0.4 is 0 Å². The van der Waals surface area contributed by atoms with E-state index in [0.717, 1.165) is 25.7 Å². The van der Waals surface area contributed by atoms with E-state index in [1.807, 2.05) is 55.4 Å². The van der Waals surface area contributed by atoms with Gasteiger partial charge in [-0.05, 0) is 202 Å². The summed E-state index contributed by atoms with van der Waals surface area (Å²) >= 11 is 0. The lowest BCUT2D eigenvalue weighted by Gasteiger charge is -2.47. The van der Waals surface area contributed by atoms with Crippen LogP contribution in [0.4, 0.5) is 0 Å². The van der Waals surface area contributed by atoms with Crippen LogP contribution in [0.25, 0.3) is 0 Å². The molecule has 90 heavy (non-hydrogen) atoms. The first kappa shape index (κ1) is 75.0. The molecule has 0 aromatic heterocycles. The maximum absolute atomic E-state index is 14.4. The van der Waals surface area contributed by atoms with Gasteiger partial charge >= 0.3 is 11.9 Å². The second-order valence-electron chi connectivity index (χ2n) is 28.5. The normalized spacial score (nSPS) is 31.5. The third-order valence-electron chi connectivity index (χ3n) is 22.8. The molecule has 4 fully saturated rings. The number of ketones is 2. The van der Waals surface area contributed by atoms with E-state index >= 15 is 0 Å². The number of phenols is 2. The van der Waals surface area contributed by atoms with Crippen molar-refractivity contribution in [1.82, 2.24) is 0 Å². The monoisotopic (exact) mass is 1260 g/mol. The predicted octanol–water partition coefficient (Wildman–Crippen LogP) is 13.2. The van der Waals surface area contributed by atoms with E-state index in [2.05, 4.69) is 27.7 Å². The molecule has 2 aromatic carbocycles. The third kappa shape index (κ3) is 16.5. The van der Waals surface area contributed by atoms with Crippen LogP contribution in [0.3, 0.4) is 0 Å². The van der Waals surface area contributed by atoms with Crippen LogP contribution in [0.15, 0.2) is 24.3 Å². The van der Waals surface area contributed by atoms with Gasteiger partial charge in [0.2, 0.25) is 0 Å². The van der Waals surface area contributed by atoms with E-state index in [0.29, 0.717) is 125 Å². The predicted molar refractivity (Wildman–Crippen MR) is 349 cm³/mol. The van der Waals surface area contributed by atoms with Gasteiger partial charge in [-0.2, -0.15) is 0 Å². The molecule has 0 amide bonds. The fraction of sp³-hybridized carbons (Fsp3) is 0.784. The van der Waals surface area contributed by atoms with Crippen LogP contribution >= 0.6 is 0 Å². The maximum Gasteiger partial charge on any atom is 0.342 e. The van der Waals surface area contributed by atoms with Gasteiger partial charge < -0.3 is 59.1 Å². The molecule has 20 atom stereocenters. The highest BCUT2D eigenvalue weighted by Gasteiger charge is 2.57. The van der Waals surface area contributed by atoms with Gasteiger partial charge in [-0.25, -0.2) is 9.59 Å². The minimum absolute atomic E-state index is 0.0362. The van der Waals surface area contributed by atoms with Crippen LogP contribution in [0.2, 0.25) is 0 Å². The molecule has 4 heterocycles. The quantitative estimate of drug-likeness (QED) is 0.0287. The number of hydrogen-bond acceptors (Lipinski definition) is 16. The summed E-state index contributed by atoms with van der Waals surface area (Å²) in [6.07, 6.45) is 8.28. The van der Waals surface area contributed by atoms with Crippen molar-refractivity contribution >= 4 is 23.5 Å². The number of benzene rings is 2. The van der Waals surface area contributed by atoms with Crippen molar-refractivity contribution in [3.63, 3.8) is 0 Å². The molecule has 16 heteroatoms. The smallest absolute Gasteiger partial charge is 0.342 e. The Hall–Kier alpha value is -4.00. The molecule has 6 N–H and O–H groups in total. The van der Waals surface area contributed by atoms with E-state index < -0.39 is 70.2 Å². The minimum atomic E-state index is -0.960. The number of phenolic OH excluding ortho intramolecular Hbond substituents is 2. The van der Waals surface area contributed by atoms with Crippen molar-refractivity contribution in [3.05, 3.63) is 57.6 Å². The molecule has 6 rings (SSSR count). The molecule has 0 aliphatic carbocycles. The fourth-order valence-electron chi connectivity index (χ4n) is 15.9. The number of aliphatic hydroxyl groups is 4.